The van der Waals surface area contributed by atoms with Crippen LogP contribution < -0.4 is 5.32 Å². The van der Waals surface area contributed by atoms with Crippen molar-refractivity contribution in [1.82, 2.24) is 13.9 Å². The lowest BCUT2D eigenvalue weighted by atomic mass is 10.00. The zero-order chi connectivity index (χ0) is 15.3. The maximum Gasteiger partial charge on any atom is 0.282 e. The van der Waals surface area contributed by atoms with Gasteiger partial charge in [-0.2, -0.15) is 17.0 Å². The van der Waals surface area contributed by atoms with E-state index in [-0.39, 0.29) is 6.10 Å². The Balaban J connectivity index is 1.97. The van der Waals surface area contributed by atoms with E-state index in [1.165, 1.54) is 0 Å². The van der Waals surface area contributed by atoms with Gasteiger partial charge in [0.05, 0.1) is 6.10 Å². The van der Waals surface area contributed by atoms with E-state index < -0.39 is 10.2 Å². The van der Waals surface area contributed by atoms with Crippen LogP contribution in [0.3, 0.4) is 0 Å². The van der Waals surface area contributed by atoms with Crippen LogP contribution in [0.2, 0.25) is 0 Å². The first-order valence-corrected chi connectivity index (χ1v) is 9.46. The minimum Gasteiger partial charge on any atom is -0.380 e. The summed E-state index contributed by atoms with van der Waals surface area (Å²) in [5.74, 6) is 0.427. The summed E-state index contributed by atoms with van der Waals surface area (Å²) in [6.07, 6.45) is 3.94. The van der Waals surface area contributed by atoms with Crippen LogP contribution >= 0.6 is 0 Å². The Hall–Kier alpha value is -0.210. The Labute approximate surface area is 129 Å². The summed E-state index contributed by atoms with van der Waals surface area (Å²) < 4.78 is 34.2. The number of ether oxygens (including phenoxy) is 1. The van der Waals surface area contributed by atoms with E-state index in [2.05, 4.69) is 12.2 Å². The number of piperidine rings is 2. The summed E-state index contributed by atoms with van der Waals surface area (Å²) >= 11 is 0. The van der Waals surface area contributed by atoms with E-state index in [9.17, 15) is 8.42 Å². The van der Waals surface area contributed by atoms with Gasteiger partial charge in [-0.25, -0.2) is 0 Å². The quantitative estimate of drug-likeness (QED) is 0.781. The van der Waals surface area contributed by atoms with Crippen molar-refractivity contribution >= 4 is 10.2 Å². The summed E-state index contributed by atoms with van der Waals surface area (Å²) in [5.41, 5.74) is 0. The summed E-state index contributed by atoms with van der Waals surface area (Å²) in [4.78, 5) is 0. The fraction of sp³-hybridized carbons (Fsp3) is 1.00. The van der Waals surface area contributed by atoms with Crippen molar-refractivity contribution in [3.05, 3.63) is 0 Å². The molecular formula is C14H29N3O3S. The summed E-state index contributed by atoms with van der Waals surface area (Å²) in [6, 6.07) is 0. The summed E-state index contributed by atoms with van der Waals surface area (Å²) in [7, 11) is -1.67. The number of hydrogen-bond donors (Lipinski definition) is 1. The normalized spacial score (nSPS) is 29.6. The highest BCUT2D eigenvalue weighted by molar-refractivity contribution is 7.86. The third kappa shape index (κ3) is 4.39. The molecule has 2 saturated heterocycles. The molecule has 2 atom stereocenters. The largest absolute Gasteiger partial charge is 0.380 e. The molecule has 0 radical (unpaired) electrons. The van der Waals surface area contributed by atoms with Gasteiger partial charge in [0.1, 0.15) is 0 Å². The van der Waals surface area contributed by atoms with Crippen molar-refractivity contribution in [2.75, 3.05) is 46.4 Å². The zero-order valence-electron chi connectivity index (χ0n) is 13.3. The lowest BCUT2D eigenvalue weighted by Crippen LogP contribution is -2.52. The zero-order valence-corrected chi connectivity index (χ0v) is 14.1. The van der Waals surface area contributed by atoms with Gasteiger partial charge in [-0.1, -0.05) is 6.92 Å². The van der Waals surface area contributed by atoms with E-state index in [1.54, 1.807) is 15.7 Å². The van der Waals surface area contributed by atoms with Crippen molar-refractivity contribution in [2.24, 2.45) is 5.92 Å². The minimum absolute atomic E-state index is 0.0378. The fourth-order valence-electron chi connectivity index (χ4n) is 3.22. The minimum atomic E-state index is -3.33. The molecule has 6 nitrogen and oxygen atoms in total. The average molecular weight is 319 g/mol. The van der Waals surface area contributed by atoms with Crippen molar-refractivity contribution in [3.63, 3.8) is 0 Å². The van der Waals surface area contributed by atoms with Crippen LogP contribution in [0, 0.1) is 5.92 Å². The van der Waals surface area contributed by atoms with Crippen LogP contribution in [-0.4, -0.2) is 69.5 Å². The molecule has 0 aromatic heterocycles. The second-order valence-corrected chi connectivity index (χ2v) is 7.97. The molecule has 21 heavy (non-hydrogen) atoms. The van der Waals surface area contributed by atoms with E-state index in [4.69, 9.17) is 4.74 Å². The first kappa shape index (κ1) is 17.1. The van der Waals surface area contributed by atoms with E-state index >= 15 is 0 Å². The lowest BCUT2D eigenvalue weighted by molar-refractivity contribution is 0.0546. The number of methoxy groups -OCH3 is 1. The SMILES string of the molecule is CCNCC1CCCN(S(=O)(=O)N2CCCC(OC)C2)C1. The van der Waals surface area contributed by atoms with Crippen LogP contribution in [0.5, 0.6) is 0 Å². The molecular weight excluding hydrogens is 290 g/mol. The Morgan fingerprint density at radius 3 is 2.48 bits per heavy atom. The van der Waals surface area contributed by atoms with E-state index in [1.807, 2.05) is 0 Å². The Morgan fingerprint density at radius 2 is 1.81 bits per heavy atom. The van der Waals surface area contributed by atoms with Crippen molar-refractivity contribution in [1.29, 1.82) is 0 Å². The molecule has 7 heteroatoms. The van der Waals surface area contributed by atoms with Gasteiger partial charge < -0.3 is 10.1 Å². The molecule has 2 aliphatic rings. The molecule has 0 aromatic carbocycles. The number of nitrogens with zero attached hydrogens (tertiary/aromatic N) is 2. The van der Waals surface area contributed by atoms with Gasteiger partial charge in [0, 0.05) is 33.3 Å². The first-order chi connectivity index (χ1) is 10.1. The first-order valence-electron chi connectivity index (χ1n) is 8.06. The molecule has 0 spiro atoms. The molecule has 2 heterocycles. The van der Waals surface area contributed by atoms with Gasteiger partial charge in [-0.3, -0.25) is 0 Å². The maximum absolute atomic E-state index is 12.8. The second kappa shape index (κ2) is 7.87. The van der Waals surface area contributed by atoms with Gasteiger partial charge in [-0.05, 0) is 44.7 Å². The maximum atomic E-state index is 12.8. The number of nitrogens with one attached hydrogen (secondary N) is 1. The number of hydrogen-bond acceptors (Lipinski definition) is 4. The predicted molar refractivity (Wildman–Crippen MR) is 83.4 cm³/mol. The molecule has 2 rings (SSSR count). The van der Waals surface area contributed by atoms with Crippen LogP contribution in [-0.2, 0) is 14.9 Å². The molecule has 0 amide bonds. The third-order valence-electron chi connectivity index (χ3n) is 4.49. The topological polar surface area (TPSA) is 61.9 Å². The lowest BCUT2D eigenvalue weighted by Gasteiger charge is -2.38. The van der Waals surface area contributed by atoms with Crippen LogP contribution in [0.15, 0.2) is 0 Å². The molecule has 1 N–H and O–H groups in total. The molecule has 0 saturated carbocycles. The number of rotatable bonds is 6. The van der Waals surface area contributed by atoms with Gasteiger partial charge in [-0.15, -0.1) is 0 Å². The van der Waals surface area contributed by atoms with Gasteiger partial charge in [0.15, 0.2) is 0 Å². The van der Waals surface area contributed by atoms with Gasteiger partial charge in [0.2, 0.25) is 0 Å². The molecule has 2 aliphatic heterocycles. The highest BCUT2D eigenvalue weighted by Crippen LogP contribution is 2.23. The van der Waals surface area contributed by atoms with Crippen molar-refractivity contribution in [3.8, 4) is 0 Å². The highest BCUT2D eigenvalue weighted by Gasteiger charge is 2.36. The smallest absolute Gasteiger partial charge is 0.282 e. The van der Waals surface area contributed by atoms with Crippen molar-refractivity contribution < 1.29 is 13.2 Å². The Kier molecular flexibility index (Phi) is 6.43. The second-order valence-electron chi connectivity index (χ2n) is 6.04. The van der Waals surface area contributed by atoms with Gasteiger partial charge >= 0.3 is 0 Å². The Morgan fingerprint density at radius 1 is 1.14 bits per heavy atom. The molecule has 0 aromatic rings. The van der Waals surface area contributed by atoms with Crippen LogP contribution in [0.25, 0.3) is 0 Å². The average Bonchev–Trinajstić information content (AvgIpc) is 2.53. The van der Waals surface area contributed by atoms with Crippen LogP contribution in [0.1, 0.15) is 32.6 Å². The molecule has 0 aliphatic carbocycles. The van der Waals surface area contributed by atoms with Gasteiger partial charge in [0.25, 0.3) is 10.2 Å². The fourth-order valence-corrected chi connectivity index (χ4v) is 5.02. The third-order valence-corrected chi connectivity index (χ3v) is 6.46. The molecule has 0 bridgehead atoms. The Bertz CT molecular complexity index is 416. The highest BCUT2D eigenvalue weighted by atomic mass is 32.2. The predicted octanol–water partition coefficient (Wildman–Crippen LogP) is 0.664. The molecule has 2 unspecified atom stereocenters. The van der Waals surface area contributed by atoms with E-state index in [0.717, 1.165) is 38.8 Å². The standard InChI is InChI=1S/C14H29N3O3S/c1-3-15-10-13-6-4-8-16(11-13)21(18,19)17-9-5-7-14(12-17)20-2/h13-15H,3-12H2,1-2H3. The molecule has 124 valence electrons. The summed E-state index contributed by atoms with van der Waals surface area (Å²) in [6.45, 7) is 6.33. The summed E-state index contributed by atoms with van der Waals surface area (Å²) in [5, 5.41) is 3.33. The molecule has 2 fully saturated rings. The monoisotopic (exact) mass is 319 g/mol. The van der Waals surface area contributed by atoms with Crippen molar-refractivity contribution in [2.45, 2.75) is 38.7 Å². The van der Waals surface area contributed by atoms with Crippen LogP contribution in [0.4, 0.5) is 0 Å². The van der Waals surface area contributed by atoms with E-state index in [0.29, 0.717) is 32.1 Å².